The summed E-state index contributed by atoms with van der Waals surface area (Å²) in [4.78, 5) is 0. The summed E-state index contributed by atoms with van der Waals surface area (Å²) in [6.45, 7) is 4.64. The van der Waals surface area contributed by atoms with E-state index in [0.29, 0.717) is 41.1 Å². The third kappa shape index (κ3) is 2.00. The van der Waals surface area contributed by atoms with E-state index in [1.807, 2.05) is 7.11 Å². The summed E-state index contributed by atoms with van der Waals surface area (Å²) in [7, 11) is 1.89. The van der Waals surface area contributed by atoms with E-state index >= 15 is 0 Å². The van der Waals surface area contributed by atoms with Crippen molar-refractivity contribution >= 4 is 22.6 Å². The number of rotatable bonds is 3. The Labute approximate surface area is 176 Å². The highest BCUT2D eigenvalue weighted by molar-refractivity contribution is 14.1. The zero-order chi connectivity index (χ0) is 19.4. The molecule has 0 aliphatic heterocycles. The first-order chi connectivity index (χ1) is 12.7. The molecule has 5 aliphatic carbocycles. The Hall–Kier alpha value is 0.570. The second-order valence-electron chi connectivity index (χ2n) is 10.9. The highest BCUT2D eigenvalue weighted by atomic mass is 127. The van der Waals surface area contributed by atoms with Gasteiger partial charge < -0.3 is 20.1 Å². The molecule has 0 heterocycles. The molecule has 154 valence electrons. The van der Waals surface area contributed by atoms with Gasteiger partial charge >= 0.3 is 0 Å². The van der Waals surface area contributed by atoms with Gasteiger partial charge in [0.2, 0.25) is 0 Å². The van der Waals surface area contributed by atoms with Crippen LogP contribution in [0.15, 0.2) is 0 Å². The van der Waals surface area contributed by atoms with Crippen LogP contribution in [0.5, 0.6) is 0 Å². The van der Waals surface area contributed by atoms with Crippen LogP contribution in [-0.4, -0.2) is 50.8 Å². The molecule has 5 heteroatoms. The lowest BCUT2D eigenvalue weighted by atomic mass is 9.45. The first-order valence-corrected chi connectivity index (χ1v) is 12.1. The van der Waals surface area contributed by atoms with Gasteiger partial charge in [0, 0.05) is 17.9 Å². The van der Waals surface area contributed by atoms with E-state index in [1.165, 1.54) is 19.3 Å². The molecular formula is C22H35IO4. The maximum absolute atomic E-state index is 11.7. The second-order valence-corrected chi connectivity index (χ2v) is 12.4. The zero-order valence-electron chi connectivity index (χ0n) is 16.8. The fourth-order valence-corrected chi connectivity index (χ4v) is 10.5. The molecule has 5 fully saturated rings. The third-order valence-electron chi connectivity index (χ3n) is 10.8. The van der Waals surface area contributed by atoms with Gasteiger partial charge in [-0.25, -0.2) is 0 Å². The third-order valence-corrected chi connectivity index (χ3v) is 12.1. The van der Waals surface area contributed by atoms with E-state index in [1.54, 1.807) is 0 Å². The van der Waals surface area contributed by atoms with Crippen molar-refractivity contribution in [2.75, 3.05) is 13.7 Å². The minimum atomic E-state index is -1.20. The maximum Gasteiger partial charge on any atom is 0.110 e. The van der Waals surface area contributed by atoms with Crippen molar-refractivity contribution in [1.29, 1.82) is 0 Å². The number of fused-ring (bicyclic) bond motifs is 4. The number of aliphatic hydroxyl groups excluding tert-OH is 2. The standard InChI is InChI=1S/C22H35IO4/c1-19-6-4-12-10-21(12,19)18(27-3)8-13-14(19)5-7-20(2)15(13)9-17(25)22(20,26)16(23)11-24/h12-18,24-26H,4-11H2,1-3H3/t12?,13?,14?,15?,16-,17+,18-,19-,20+,21+,22-/m1/s1. The molecule has 0 saturated heterocycles. The van der Waals surface area contributed by atoms with Crippen molar-refractivity contribution in [2.45, 2.75) is 80.5 Å². The molecule has 4 nitrogen and oxygen atoms in total. The van der Waals surface area contributed by atoms with Crippen LogP contribution >= 0.6 is 22.6 Å². The Morgan fingerprint density at radius 2 is 1.81 bits per heavy atom. The van der Waals surface area contributed by atoms with Gasteiger partial charge in [-0.05, 0) is 74.0 Å². The van der Waals surface area contributed by atoms with Crippen molar-refractivity contribution in [3.05, 3.63) is 0 Å². The molecule has 0 aromatic rings. The monoisotopic (exact) mass is 490 g/mol. The van der Waals surface area contributed by atoms with Crippen LogP contribution in [0.25, 0.3) is 0 Å². The number of methoxy groups -OCH3 is 1. The number of alkyl halides is 1. The lowest BCUT2D eigenvalue weighted by Gasteiger charge is -2.61. The van der Waals surface area contributed by atoms with Crippen molar-refractivity contribution in [1.82, 2.24) is 0 Å². The Bertz CT molecular complexity index is 644. The van der Waals surface area contributed by atoms with E-state index in [9.17, 15) is 15.3 Å². The van der Waals surface area contributed by atoms with Gasteiger partial charge in [0.05, 0.1) is 22.7 Å². The smallest absolute Gasteiger partial charge is 0.110 e. The largest absolute Gasteiger partial charge is 0.395 e. The van der Waals surface area contributed by atoms with Crippen LogP contribution in [0.4, 0.5) is 0 Å². The van der Waals surface area contributed by atoms with Gasteiger partial charge in [-0.1, -0.05) is 36.4 Å². The normalized spacial score (nSPS) is 62.3. The predicted octanol–water partition coefficient (Wildman–Crippen LogP) is 3.15. The molecule has 0 bridgehead atoms. The number of hydrogen-bond acceptors (Lipinski definition) is 4. The van der Waals surface area contributed by atoms with Crippen LogP contribution in [0.3, 0.4) is 0 Å². The molecule has 0 amide bonds. The first-order valence-electron chi connectivity index (χ1n) is 10.9. The zero-order valence-corrected chi connectivity index (χ0v) is 19.0. The number of halogens is 1. The molecule has 0 aromatic heterocycles. The SMILES string of the molecule is CO[C@@H]1CC2C3C[C@H](O)[C@](O)([C@H](I)CO)[C@@]3(C)CCC2[C@@]2(C)CCC3C[C@]312. The average molecular weight is 490 g/mol. The molecule has 27 heavy (non-hydrogen) atoms. The van der Waals surface area contributed by atoms with Crippen LogP contribution in [0.1, 0.15) is 58.8 Å². The number of ether oxygens (including phenoxy) is 1. The van der Waals surface area contributed by atoms with Crippen LogP contribution in [0, 0.1) is 39.9 Å². The van der Waals surface area contributed by atoms with Gasteiger partial charge in [0.25, 0.3) is 0 Å². The minimum absolute atomic E-state index is 0.0896. The molecule has 1 spiro atoms. The number of aliphatic hydroxyl groups is 3. The topological polar surface area (TPSA) is 69.9 Å². The molecule has 3 N–H and O–H groups in total. The lowest BCUT2D eigenvalue weighted by Crippen LogP contribution is -2.62. The quantitative estimate of drug-likeness (QED) is 0.420. The Morgan fingerprint density at radius 3 is 2.44 bits per heavy atom. The van der Waals surface area contributed by atoms with Crippen molar-refractivity contribution in [3.8, 4) is 0 Å². The van der Waals surface area contributed by atoms with Crippen LogP contribution in [-0.2, 0) is 4.74 Å². The Kier molecular flexibility index (Phi) is 4.22. The van der Waals surface area contributed by atoms with Crippen molar-refractivity contribution in [3.63, 3.8) is 0 Å². The molecule has 5 rings (SSSR count). The van der Waals surface area contributed by atoms with Gasteiger partial charge in [-0.15, -0.1) is 0 Å². The van der Waals surface area contributed by atoms with E-state index in [0.717, 1.165) is 25.2 Å². The summed E-state index contributed by atoms with van der Waals surface area (Å²) in [6, 6.07) is 0. The molecule has 5 aliphatic rings. The van der Waals surface area contributed by atoms with E-state index in [-0.39, 0.29) is 15.9 Å². The van der Waals surface area contributed by atoms with Gasteiger partial charge in [0.1, 0.15) is 5.60 Å². The molecule has 0 radical (unpaired) electrons. The predicted molar refractivity (Wildman–Crippen MR) is 112 cm³/mol. The second kappa shape index (κ2) is 5.83. The molecule has 11 atom stereocenters. The minimum Gasteiger partial charge on any atom is -0.395 e. The highest BCUT2D eigenvalue weighted by Gasteiger charge is 2.79. The van der Waals surface area contributed by atoms with E-state index in [4.69, 9.17) is 4.74 Å². The van der Waals surface area contributed by atoms with Gasteiger partial charge in [-0.3, -0.25) is 0 Å². The molecule has 0 aromatic carbocycles. The summed E-state index contributed by atoms with van der Waals surface area (Å²) in [5.41, 5.74) is -0.771. The van der Waals surface area contributed by atoms with Crippen molar-refractivity contribution in [2.24, 2.45) is 39.9 Å². The Balaban J connectivity index is 1.54. The van der Waals surface area contributed by atoms with E-state index in [2.05, 4.69) is 36.4 Å². The first kappa shape index (κ1) is 19.5. The van der Waals surface area contributed by atoms with Crippen molar-refractivity contribution < 1.29 is 20.1 Å². The molecule has 5 saturated carbocycles. The van der Waals surface area contributed by atoms with Crippen LogP contribution < -0.4 is 0 Å². The summed E-state index contributed by atoms with van der Waals surface area (Å²) in [6.07, 6.45) is 7.45. The van der Waals surface area contributed by atoms with E-state index < -0.39 is 11.7 Å². The highest BCUT2D eigenvalue weighted by Crippen LogP contribution is 2.82. The molecular weight excluding hydrogens is 455 g/mol. The molecule has 4 unspecified atom stereocenters. The summed E-state index contributed by atoms with van der Waals surface area (Å²) in [5, 5.41) is 32.4. The van der Waals surface area contributed by atoms with Crippen LogP contribution in [0.2, 0.25) is 0 Å². The summed E-state index contributed by atoms with van der Waals surface area (Å²) >= 11 is 2.15. The average Bonchev–Trinajstić information content (AvgIpc) is 3.25. The van der Waals surface area contributed by atoms with Gasteiger partial charge in [-0.2, -0.15) is 0 Å². The number of hydrogen-bond donors (Lipinski definition) is 3. The summed E-state index contributed by atoms with van der Waals surface area (Å²) < 4.78 is 5.79. The summed E-state index contributed by atoms with van der Waals surface area (Å²) in [5.74, 6) is 2.37. The lowest BCUT2D eigenvalue weighted by molar-refractivity contribution is -0.188. The fraction of sp³-hybridized carbons (Fsp3) is 1.00. The Morgan fingerprint density at radius 1 is 1.11 bits per heavy atom. The fourth-order valence-electron chi connectivity index (χ4n) is 9.34. The maximum atomic E-state index is 11.7. The van der Waals surface area contributed by atoms with Gasteiger partial charge in [0.15, 0.2) is 0 Å².